The molecule has 25 heavy (non-hydrogen) atoms. The van der Waals surface area contributed by atoms with Crippen LogP contribution in [0.25, 0.3) is 28.1 Å². The molecule has 0 aliphatic rings. The summed E-state index contributed by atoms with van der Waals surface area (Å²) in [5.74, 6) is 2.35. The standard InChI is InChI=1S/C18H16N4O3/c1-21-17(23)12-6-4-5-7-13(12)22-16(19-20-18(21)22)11-8-9-14(24-2)15(10-11)25-3/h4-10H,1-3H3. The van der Waals surface area contributed by atoms with Gasteiger partial charge in [0.05, 0.1) is 25.1 Å². The molecule has 0 saturated carbocycles. The topological polar surface area (TPSA) is 70.7 Å². The van der Waals surface area contributed by atoms with Crippen LogP contribution in [0.5, 0.6) is 11.5 Å². The average Bonchev–Trinajstić information content (AvgIpc) is 3.11. The van der Waals surface area contributed by atoms with Crippen molar-refractivity contribution in [1.82, 2.24) is 19.2 Å². The number of para-hydroxylation sites is 1. The van der Waals surface area contributed by atoms with Gasteiger partial charge in [-0.1, -0.05) is 12.1 Å². The number of aromatic nitrogens is 4. The van der Waals surface area contributed by atoms with E-state index in [1.165, 1.54) is 4.57 Å². The van der Waals surface area contributed by atoms with Crippen LogP contribution < -0.4 is 15.0 Å². The summed E-state index contributed by atoms with van der Waals surface area (Å²) in [5.41, 5.74) is 1.47. The maximum atomic E-state index is 12.5. The van der Waals surface area contributed by atoms with E-state index in [0.717, 1.165) is 11.1 Å². The molecule has 2 heterocycles. The number of rotatable bonds is 3. The predicted molar refractivity (Wildman–Crippen MR) is 94.3 cm³/mol. The zero-order chi connectivity index (χ0) is 17.6. The lowest BCUT2D eigenvalue weighted by Gasteiger charge is -2.10. The minimum atomic E-state index is -0.102. The van der Waals surface area contributed by atoms with Gasteiger partial charge in [0.1, 0.15) is 0 Å². The molecule has 0 atom stereocenters. The van der Waals surface area contributed by atoms with E-state index in [-0.39, 0.29) is 5.56 Å². The average molecular weight is 336 g/mol. The molecule has 0 saturated heterocycles. The van der Waals surface area contributed by atoms with Gasteiger partial charge in [-0.3, -0.25) is 13.8 Å². The summed E-state index contributed by atoms with van der Waals surface area (Å²) in [4.78, 5) is 12.5. The Labute approximate surface area is 143 Å². The molecule has 0 N–H and O–H groups in total. The van der Waals surface area contributed by atoms with Crippen LogP contribution in [0, 0.1) is 0 Å². The Morgan fingerprint density at radius 3 is 2.48 bits per heavy atom. The van der Waals surface area contributed by atoms with Crippen molar-refractivity contribution in [2.75, 3.05) is 14.2 Å². The van der Waals surface area contributed by atoms with Crippen LogP contribution in [0.1, 0.15) is 0 Å². The van der Waals surface area contributed by atoms with E-state index in [0.29, 0.717) is 28.5 Å². The lowest BCUT2D eigenvalue weighted by atomic mass is 10.1. The third kappa shape index (κ3) is 2.16. The second kappa shape index (κ2) is 5.62. The summed E-state index contributed by atoms with van der Waals surface area (Å²) in [6.45, 7) is 0. The summed E-state index contributed by atoms with van der Waals surface area (Å²) in [6, 6.07) is 13.0. The fourth-order valence-corrected chi connectivity index (χ4v) is 3.00. The predicted octanol–water partition coefficient (Wildman–Crippen LogP) is 2.27. The number of hydrogen-bond donors (Lipinski definition) is 0. The van der Waals surface area contributed by atoms with E-state index in [1.807, 2.05) is 40.8 Å². The van der Waals surface area contributed by atoms with Crippen molar-refractivity contribution in [1.29, 1.82) is 0 Å². The zero-order valence-corrected chi connectivity index (χ0v) is 14.1. The Balaban J connectivity index is 2.09. The van der Waals surface area contributed by atoms with Crippen LogP contribution >= 0.6 is 0 Å². The minimum Gasteiger partial charge on any atom is -0.493 e. The first-order valence-electron chi connectivity index (χ1n) is 7.71. The molecule has 0 amide bonds. The molecule has 0 fully saturated rings. The van der Waals surface area contributed by atoms with Crippen LogP contribution in [0.3, 0.4) is 0 Å². The summed E-state index contributed by atoms with van der Waals surface area (Å²) >= 11 is 0. The quantitative estimate of drug-likeness (QED) is 0.574. The SMILES string of the molecule is COc1ccc(-c2nnc3n(C)c(=O)c4ccccc4n23)cc1OC. The zero-order valence-electron chi connectivity index (χ0n) is 14.1. The number of aryl methyl sites for hydroxylation is 1. The first-order chi connectivity index (χ1) is 12.2. The number of benzene rings is 2. The Bertz CT molecular complexity index is 1160. The number of ether oxygens (including phenoxy) is 2. The van der Waals surface area contributed by atoms with Gasteiger partial charge in [0.15, 0.2) is 17.3 Å². The highest BCUT2D eigenvalue weighted by Crippen LogP contribution is 2.32. The molecule has 0 unspecified atom stereocenters. The summed E-state index contributed by atoms with van der Waals surface area (Å²) in [7, 11) is 4.87. The third-order valence-electron chi connectivity index (χ3n) is 4.27. The third-order valence-corrected chi connectivity index (χ3v) is 4.27. The second-order valence-electron chi connectivity index (χ2n) is 5.61. The molecule has 7 nitrogen and oxygen atoms in total. The van der Waals surface area contributed by atoms with Crippen molar-refractivity contribution in [3.8, 4) is 22.9 Å². The van der Waals surface area contributed by atoms with Crippen molar-refractivity contribution < 1.29 is 9.47 Å². The molecular weight excluding hydrogens is 320 g/mol. The van der Waals surface area contributed by atoms with Crippen molar-refractivity contribution in [3.05, 3.63) is 52.8 Å². The molecule has 0 spiro atoms. The van der Waals surface area contributed by atoms with Gasteiger partial charge < -0.3 is 9.47 Å². The molecule has 7 heteroatoms. The van der Waals surface area contributed by atoms with Crippen molar-refractivity contribution in [3.63, 3.8) is 0 Å². The molecule has 126 valence electrons. The first kappa shape index (κ1) is 15.2. The van der Waals surface area contributed by atoms with E-state index >= 15 is 0 Å². The number of nitrogens with zero attached hydrogens (tertiary/aromatic N) is 4. The maximum Gasteiger partial charge on any atom is 0.262 e. The van der Waals surface area contributed by atoms with Gasteiger partial charge >= 0.3 is 0 Å². The van der Waals surface area contributed by atoms with Crippen LogP contribution in [0.4, 0.5) is 0 Å². The van der Waals surface area contributed by atoms with Gasteiger partial charge in [0, 0.05) is 12.6 Å². The molecule has 2 aromatic carbocycles. The van der Waals surface area contributed by atoms with E-state index < -0.39 is 0 Å². The van der Waals surface area contributed by atoms with Gasteiger partial charge in [0.2, 0.25) is 5.78 Å². The van der Waals surface area contributed by atoms with Crippen molar-refractivity contribution >= 4 is 16.7 Å². The van der Waals surface area contributed by atoms with Gasteiger partial charge in [-0.15, -0.1) is 10.2 Å². The molecule has 4 rings (SSSR count). The lowest BCUT2D eigenvalue weighted by molar-refractivity contribution is 0.355. The Hall–Kier alpha value is -3.35. The first-order valence-corrected chi connectivity index (χ1v) is 7.71. The lowest BCUT2D eigenvalue weighted by Crippen LogP contribution is -2.20. The summed E-state index contributed by atoms with van der Waals surface area (Å²) < 4.78 is 14.0. The van der Waals surface area contributed by atoms with Crippen molar-refractivity contribution in [2.45, 2.75) is 0 Å². The van der Waals surface area contributed by atoms with Gasteiger partial charge in [0.25, 0.3) is 5.56 Å². The maximum absolute atomic E-state index is 12.5. The second-order valence-corrected chi connectivity index (χ2v) is 5.61. The van der Waals surface area contributed by atoms with E-state index in [2.05, 4.69) is 10.2 Å². The fraction of sp³-hybridized carbons (Fsp3) is 0.167. The number of hydrogen-bond acceptors (Lipinski definition) is 5. The molecule has 0 radical (unpaired) electrons. The molecule has 0 bridgehead atoms. The van der Waals surface area contributed by atoms with Gasteiger partial charge in [-0.05, 0) is 30.3 Å². The molecule has 4 aromatic rings. The minimum absolute atomic E-state index is 0.102. The largest absolute Gasteiger partial charge is 0.493 e. The van der Waals surface area contributed by atoms with E-state index in [4.69, 9.17) is 9.47 Å². The summed E-state index contributed by atoms with van der Waals surface area (Å²) in [6.07, 6.45) is 0. The highest BCUT2D eigenvalue weighted by molar-refractivity contribution is 5.82. The van der Waals surface area contributed by atoms with Crippen LogP contribution in [0.15, 0.2) is 47.3 Å². The normalized spacial score (nSPS) is 11.2. The van der Waals surface area contributed by atoms with E-state index in [1.54, 1.807) is 27.3 Å². The van der Waals surface area contributed by atoms with Gasteiger partial charge in [-0.2, -0.15) is 0 Å². The highest BCUT2D eigenvalue weighted by atomic mass is 16.5. The Kier molecular flexibility index (Phi) is 3.42. The number of fused-ring (bicyclic) bond motifs is 3. The molecular formula is C18H16N4O3. The van der Waals surface area contributed by atoms with Crippen molar-refractivity contribution in [2.24, 2.45) is 7.05 Å². The van der Waals surface area contributed by atoms with Crippen LogP contribution in [-0.4, -0.2) is 33.4 Å². The van der Waals surface area contributed by atoms with Crippen LogP contribution in [0.2, 0.25) is 0 Å². The molecule has 0 aliphatic heterocycles. The Morgan fingerprint density at radius 1 is 0.960 bits per heavy atom. The molecule has 0 aliphatic carbocycles. The highest BCUT2D eigenvalue weighted by Gasteiger charge is 2.17. The van der Waals surface area contributed by atoms with Gasteiger partial charge in [-0.25, -0.2) is 0 Å². The summed E-state index contributed by atoms with van der Waals surface area (Å²) in [5, 5.41) is 9.12. The van der Waals surface area contributed by atoms with E-state index in [9.17, 15) is 4.79 Å². The molecule has 2 aromatic heterocycles. The smallest absolute Gasteiger partial charge is 0.262 e. The monoisotopic (exact) mass is 336 g/mol. The fourth-order valence-electron chi connectivity index (χ4n) is 3.00. The number of methoxy groups -OCH3 is 2. The van der Waals surface area contributed by atoms with Crippen LogP contribution in [-0.2, 0) is 7.05 Å². The Morgan fingerprint density at radius 2 is 1.72 bits per heavy atom.